The van der Waals surface area contributed by atoms with Gasteiger partial charge in [-0.05, 0) is 68.6 Å². The summed E-state index contributed by atoms with van der Waals surface area (Å²) in [6.07, 6.45) is 1.49. The summed E-state index contributed by atoms with van der Waals surface area (Å²) in [4.78, 5) is 0. The van der Waals surface area contributed by atoms with E-state index in [0.717, 1.165) is 6.42 Å². The molecule has 2 aromatic carbocycles. The first kappa shape index (κ1) is 16.0. The van der Waals surface area contributed by atoms with Gasteiger partial charge < -0.3 is 5.32 Å². The highest BCUT2D eigenvalue weighted by atomic mass is 35.5. The number of halogens is 2. The van der Waals surface area contributed by atoms with Crippen LogP contribution in [0.5, 0.6) is 0 Å². The van der Waals surface area contributed by atoms with Gasteiger partial charge in [-0.2, -0.15) is 0 Å². The minimum absolute atomic E-state index is 0.179. The van der Waals surface area contributed by atoms with E-state index < -0.39 is 0 Å². The molecule has 0 radical (unpaired) electrons. The Labute approximate surface area is 131 Å². The Morgan fingerprint density at radius 1 is 1.05 bits per heavy atom. The average Bonchev–Trinajstić information content (AvgIpc) is 2.45. The number of benzene rings is 2. The molecule has 0 spiro atoms. The largest absolute Gasteiger partial charge is 0.316 e. The second-order valence-corrected chi connectivity index (χ2v) is 6.00. The lowest BCUT2D eigenvalue weighted by molar-refractivity contribution is 0.531. The molecule has 1 atom stereocenters. The Morgan fingerprint density at radius 3 is 2.48 bits per heavy atom. The third-order valence-electron chi connectivity index (χ3n) is 3.85. The van der Waals surface area contributed by atoms with Gasteiger partial charge in [0.2, 0.25) is 0 Å². The van der Waals surface area contributed by atoms with Crippen LogP contribution in [0.4, 0.5) is 4.39 Å². The van der Waals surface area contributed by atoms with Crippen molar-refractivity contribution >= 4 is 11.6 Å². The Hall–Kier alpha value is -1.38. The van der Waals surface area contributed by atoms with Crippen molar-refractivity contribution in [3.8, 4) is 0 Å². The van der Waals surface area contributed by atoms with Crippen molar-refractivity contribution in [1.82, 2.24) is 5.32 Å². The van der Waals surface area contributed by atoms with E-state index in [2.05, 4.69) is 37.4 Å². The normalized spacial score (nSPS) is 12.4. The van der Waals surface area contributed by atoms with Gasteiger partial charge in [0.05, 0.1) is 0 Å². The maximum atomic E-state index is 13.9. The van der Waals surface area contributed by atoms with E-state index in [1.807, 2.05) is 7.05 Å². The van der Waals surface area contributed by atoms with Crippen LogP contribution in [-0.2, 0) is 12.8 Å². The fourth-order valence-corrected chi connectivity index (χ4v) is 2.72. The van der Waals surface area contributed by atoms with E-state index in [-0.39, 0.29) is 11.9 Å². The zero-order valence-corrected chi connectivity index (χ0v) is 13.5. The van der Waals surface area contributed by atoms with E-state index in [0.29, 0.717) is 17.0 Å². The van der Waals surface area contributed by atoms with Crippen molar-refractivity contribution in [2.45, 2.75) is 32.7 Å². The smallest absolute Gasteiger partial charge is 0.126 e. The van der Waals surface area contributed by atoms with Crippen LogP contribution in [0.2, 0.25) is 5.02 Å². The maximum Gasteiger partial charge on any atom is 0.126 e. The summed E-state index contributed by atoms with van der Waals surface area (Å²) in [5, 5.41) is 3.86. The molecule has 3 heteroatoms. The minimum atomic E-state index is -0.194. The van der Waals surface area contributed by atoms with Crippen LogP contribution in [0.25, 0.3) is 0 Å². The molecule has 1 N–H and O–H groups in total. The molecule has 0 heterocycles. The number of likely N-dealkylation sites (N-methyl/N-ethyl adjacent to an activating group) is 1. The van der Waals surface area contributed by atoms with Crippen LogP contribution in [0.1, 0.15) is 22.3 Å². The fourth-order valence-electron chi connectivity index (χ4n) is 2.53. The number of nitrogens with one attached hydrogen (secondary N) is 1. The van der Waals surface area contributed by atoms with E-state index in [1.165, 1.54) is 22.8 Å². The van der Waals surface area contributed by atoms with Gasteiger partial charge >= 0.3 is 0 Å². The van der Waals surface area contributed by atoms with Crippen LogP contribution in [0.15, 0.2) is 36.4 Å². The Kier molecular flexibility index (Phi) is 5.38. The lowest BCUT2D eigenvalue weighted by Crippen LogP contribution is -2.30. The average molecular weight is 306 g/mol. The second-order valence-electron chi connectivity index (χ2n) is 5.56. The van der Waals surface area contributed by atoms with Crippen LogP contribution in [0.3, 0.4) is 0 Å². The molecular formula is C18H21ClFN. The topological polar surface area (TPSA) is 12.0 Å². The Morgan fingerprint density at radius 2 is 1.76 bits per heavy atom. The highest BCUT2D eigenvalue weighted by Crippen LogP contribution is 2.19. The molecule has 1 nitrogen and oxygen atoms in total. The predicted molar refractivity (Wildman–Crippen MR) is 87.6 cm³/mol. The van der Waals surface area contributed by atoms with Crippen molar-refractivity contribution < 1.29 is 4.39 Å². The van der Waals surface area contributed by atoms with Crippen molar-refractivity contribution in [1.29, 1.82) is 0 Å². The van der Waals surface area contributed by atoms with Gasteiger partial charge in [-0.15, -0.1) is 0 Å². The van der Waals surface area contributed by atoms with Gasteiger partial charge in [0.15, 0.2) is 0 Å². The molecule has 0 saturated heterocycles. The highest BCUT2D eigenvalue weighted by Gasteiger charge is 2.13. The number of rotatable bonds is 5. The van der Waals surface area contributed by atoms with E-state index in [1.54, 1.807) is 12.1 Å². The molecular weight excluding hydrogens is 285 g/mol. The number of hydrogen-bond acceptors (Lipinski definition) is 1. The van der Waals surface area contributed by atoms with E-state index in [9.17, 15) is 4.39 Å². The molecule has 0 aromatic heterocycles. The maximum absolute atomic E-state index is 13.9. The number of hydrogen-bond donors (Lipinski definition) is 1. The van der Waals surface area contributed by atoms with Crippen LogP contribution < -0.4 is 5.32 Å². The Balaban J connectivity index is 2.16. The molecule has 2 aromatic rings. The summed E-state index contributed by atoms with van der Waals surface area (Å²) in [6, 6.07) is 11.4. The first-order chi connectivity index (χ1) is 9.99. The molecule has 0 saturated carbocycles. The second kappa shape index (κ2) is 7.06. The lowest BCUT2D eigenvalue weighted by Gasteiger charge is -2.18. The van der Waals surface area contributed by atoms with Crippen molar-refractivity contribution in [2.75, 3.05) is 7.05 Å². The summed E-state index contributed by atoms with van der Waals surface area (Å²) in [6.45, 7) is 4.20. The number of aryl methyl sites for hydroxylation is 2. The van der Waals surface area contributed by atoms with Gasteiger partial charge in [0, 0.05) is 11.1 Å². The molecule has 0 bridgehead atoms. The summed E-state index contributed by atoms with van der Waals surface area (Å²) in [7, 11) is 1.91. The van der Waals surface area contributed by atoms with Crippen LogP contribution in [0, 0.1) is 19.7 Å². The molecule has 112 valence electrons. The standard InChI is InChI=1S/C18H21ClFN/c1-12-4-5-13(2)14(8-12)10-17(21-3)11-15-9-16(19)6-7-18(15)20/h4-9,17,21H,10-11H2,1-3H3. The van der Waals surface area contributed by atoms with Gasteiger partial charge in [0.25, 0.3) is 0 Å². The third-order valence-corrected chi connectivity index (χ3v) is 4.09. The summed E-state index contributed by atoms with van der Waals surface area (Å²) >= 11 is 5.96. The van der Waals surface area contributed by atoms with Gasteiger partial charge in [0.1, 0.15) is 5.82 Å². The molecule has 2 rings (SSSR count). The highest BCUT2D eigenvalue weighted by molar-refractivity contribution is 6.30. The minimum Gasteiger partial charge on any atom is -0.316 e. The predicted octanol–water partition coefficient (Wildman–Crippen LogP) is 4.47. The van der Waals surface area contributed by atoms with Crippen molar-refractivity contribution in [3.05, 3.63) is 69.5 Å². The zero-order valence-electron chi connectivity index (χ0n) is 12.7. The van der Waals surface area contributed by atoms with Crippen molar-refractivity contribution in [3.63, 3.8) is 0 Å². The van der Waals surface area contributed by atoms with Gasteiger partial charge in [-0.3, -0.25) is 0 Å². The molecule has 21 heavy (non-hydrogen) atoms. The first-order valence-electron chi connectivity index (χ1n) is 7.17. The Bertz CT molecular complexity index is 571. The van der Waals surface area contributed by atoms with Gasteiger partial charge in [-0.1, -0.05) is 35.4 Å². The van der Waals surface area contributed by atoms with Crippen LogP contribution >= 0.6 is 11.6 Å². The third kappa shape index (κ3) is 4.29. The molecule has 0 amide bonds. The summed E-state index contributed by atoms with van der Waals surface area (Å²) in [5.41, 5.74) is 4.48. The zero-order chi connectivity index (χ0) is 15.4. The van der Waals surface area contributed by atoms with E-state index in [4.69, 9.17) is 11.6 Å². The summed E-state index contributed by atoms with van der Waals surface area (Å²) < 4.78 is 13.9. The molecule has 1 unspecified atom stereocenters. The van der Waals surface area contributed by atoms with E-state index >= 15 is 0 Å². The quantitative estimate of drug-likeness (QED) is 0.859. The summed E-state index contributed by atoms with van der Waals surface area (Å²) in [5.74, 6) is -0.194. The first-order valence-corrected chi connectivity index (χ1v) is 7.54. The SMILES string of the molecule is CNC(Cc1cc(C)ccc1C)Cc1cc(Cl)ccc1F. The monoisotopic (exact) mass is 305 g/mol. The van der Waals surface area contributed by atoms with Crippen molar-refractivity contribution in [2.24, 2.45) is 0 Å². The molecule has 0 aliphatic heterocycles. The molecule has 0 aliphatic carbocycles. The lowest BCUT2D eigenvalue weighted by atomic mass is 9.95. The van der Waals surface area contributed by atoms with Crippen LogP contribution in [-0.4, -0.2) is 13.1 Å². The molecule has 0 aliphatic rings. The fraction of sp³-hybridized carbons (Fsp3) is 0.333. The molecule has 0 fully saturated rings. The van der Waals surface area contributed by atoms with Gasteiger partial charge in [-0.25, -0.2) is 4.39 Å².